The number of nitrogens with one attached hydrogen (secondary N) is 1. The summed E-state index contributed by atoms with van der Waals surface area (Å²) in [6.07, 6.45) is 1.43. The fourth-order valence-corrected chi connectivity index (χ4v) is 5.48. The molecule has 2 N–H and O–H groups in total. The summed E-state index contributed by atoms with van der Waals surface area (Å²) in [5, 5.41) is 12.1. The van der Waals surface area contributed by atoms with Crippen LogP contribution in [0.5, 0.6) is 11.6 Å². The lowest BCUT2D eigenvalue weighted by atomic mass is 10.1. The lowest BCUT2D eigenvalue weighted by molar-refractivity contribution is 0.101. The number of methoxy groups -OCH3 is 1. The number of fused-ring (bicyclic) bond motifs is 1. The van der Waals surface area contributed by atoms with Crippen LogP contribution >= 0.6 is 0 Å². The Balaban J connectivity index is 1.61. The number of aromatic hydroxyl groups is 1. The Kier molecular flexibility index (Phi) is 7.41. The van der Waals surface area contributed by atoms with Crippen molar-refractivity contribution in [3.8, 4) is 17.3 Å². The number of nitrogens with zero attached hydrogens (tertiary/aromatic N) is 2. The number of rotatable bonds is 8. The zero-order chi connectivity index (χ0) is 29.1. The molecule has 0 amide bonds. The quantitative estimate of drug-likeness (QED) is 0.189. The molecule has 0 bridgehead atoms. The summed E-state index contributed by atoms with van der Waals surface area (Å²) in [7, 11) is -2.65. The van der Waals surface area contributed by atoms with E-state index in [1.165, 1.54) is 44.5 Å². The van der Waals surface area contributed by atoms with Gasteiger partial charge in [0.05, 0.1) is 34.6 Å². The number of ketones is 1. The number of anilines is 1. The van der Waals surface area contributed by atoms with Gasteiger partial charge in [0, 0.05) is 22.6 Å². The largest absolute Gasteiger partial charge is 0.495 e. The second-order valence-electron chi connectivity index (χ2n) is 9.09. The molecule has 1 heterocycles. The molecule has 0 aliphatic heterocycles. The summed E-state index contributed by atoms with van der Waals surface area (Å²) in [6.45, 7) is 1.47. The highest BCUT2D eigenvalue weighted by Crippen LogP contribution is 2.29. The third kappa shape index (κ3) is 5.45. The summed E-state index contributed by atoms with van der Waals surface area (Å²) in [4.78, 5) is 29.5. The molecule has 0 aliphatic rings. The molecular weight excluding hydrogens is 542 g/mol. The highest BCUT2D eigenvalue weighted by atomic mass is 32.2. The van der Waals surface area contributed by atoms with Crippen molar-refractivity contribution in [2.75, 3.05) is 11.8 Å². The molecule has 0 unspecified atom stereocenters. The normalized spacial score (nSPS) is 11.6. The number of pyridine rings is 1. The fraction of sp³-hybridized carbons (Fsp3) is 0.0645. The number of carbonyl (C=O) groups excluding carboxylic acids is 1. The van der Waals surface area contributed by atoms with E-state index in [1.807, 2.05) is 0 Å². The van der Waals surface area contributed by atoms with Crippen LogP contribution in [0.3, 0.4) is 0 Å². The van der Waals surface area contributed by atoms with Gasteiger partial charge in [-0.1, -0.05) is 36.4 Å². The Morgan fingerprint density at radius 2 is 1.61 bits per heavy atom. The van der Waals surface area contributed by atoms with Crippen LogP contribution in [0.15, 0.2) is 112 Å². The first-order valence-electron chi connectivity index (χ1n) is 12.5. The van der Waals surface area contributed by atoms with Gasteiger partial charge in [-0.25, -0.2) is 13.0 Å². The average molecular weight is 568 g/mol. The number of hydrogen-bond acceptors (Lipinski definition) is 7. The van der Waals surface area contributed by atoms with E-state index in [0.29, 0.717) is 27.8 Å². The number of sulfonamides is 1. The fourth-order valence-electron chi connectivity index (χ4n) is 4.37. The number of benzene rings is 4. The van der Waals surface area contributed by atoms with E-state index in [9.17, 15) is 23.1 Å². The molecular formula is C31H25N3O6S. The van der Waals surface area contributed by atoms with Crippen LogP contribution in [0.4, 0.5) is 11.4 Å². The molecule has 0 atom stereocenters. The van der Waals surface area contributed by atoms with Crippen molar-refractivity contribution >= 4 is 44.2 Å². The first-order chi connectivity index (χ1) is 19.7. The molecule has 9 nitrogen and oxygen atoms in total. The molecule has 10 heteroatoms. The summed E-state index contributed by atoms with van der Waals surface area (Å²) in [5.74, 6) is -0.140. The molecule has 0 saturated heterocycles. The Morgan fingerprint density at radius 3 is 2.32 bits per heavy atom. The second-order valence-corrected chi connectivity index (χ2v) is 10.8. The van der Waals surface area contributed by atoms with Crippen LogP contribution < -0.4 is 15.0 Å². The molecule has 41 heavy (non-hydrogen) atoms. The molecule has 5 aromatic rings. The topological polar surface area (TPSA) is 127 Å². The number of Topliss-reactive ketones (excluding diaryl/α,β-unsaturated/α-hetero) is 1. The first kappa shape index (κ1) is 27.4. The zero-order valence-electron chi connectivity index (χ0n) is 22.1. The van der Waals surface area contributed by atoms with Gasteiger partial charge in [0.25, 0.3) is 15.6 Å². The molecule has 0 saturated carbocycles. The van der Waals surface area contributed by atoms with Crippen molar-refractivity contribution in [1.82, 2.24) is 4.57 Å². The van der Waals surface area contributed by atoms with Crippen molar-refractivity contribution in [3.63, 3.8) is 0 Å². The first-order valence-corrected chi connectivity index (χ1v) is 14.0. The number of aromatic nitrogens is 1. The molecule has 0 aliphatic carbocycles. The standard InChI is InChI=1S/C31H25N3O6S/c1-20(35)21-14-16-22(17-15-21)32-19-27-25-10-3-4-11-26(25)30(36)34(31(27)37)23-8-7-9-24(18-23)41(38,39)33-28-12-5-6-13-29(28)40-2/h3-19,33,37H,1-2H3. The SMILES string of the molecule is COc1ccccc1NS(=O)(=O)c1cccc(-n2c(O)c(C=Nc3ccc(C(C)=O)cc3)c3ccccc3c2=O)c1. The van der Waals surface area contributed by atoms with Gasteiger partial charge in [-0.3, -0.25) is 19.3 Å². The molecule has 206 valence electrons. The molecule has 0 spiro atoms. The molecule has 0 fully saturated rings. The minimum atomic E-state index is -4.09. The maximum Gasteiger partial charge on any atom is 0.265 e. The molecule has 5 rings (SSSR count). The second kappa shape index (κ2) is 11.1. The van der Waals surface area contributed by atoms with Crippen LogP contribution in [0.1, 0.15) is 22.8 Å². The van der Waals surface area contributed by atoms with Crippen LogP contribution in [0, 0.1) is 0 Å². The minimum absolute atomic E-state index is 0.0707. The Hall–Kier alpha value is -5.22. The summed E-state index contributed by atoms with van der Waals surface area (Å²) < 4.78 is 35.3. The van der Waals surface area contributed by atoms with E-state index in [0.717, 1.165) is 4.57 Å². The van der Waals surface area contributed by atoms with Gasteiger partial charge in [0.1, 0.15) is 5.75 Å². The third-order valence-corrected chi connectivity index (χ3v) is 7.82. The Labute approximate surface area is 236 Å². The van der Waals surface area contributed by atoms with E-state index >= 15 is 0 Å². The molecule has 1 aromatic heterocycles. The lowest BCUT2D eigenvalue weighted by Crippen LogP contribution is -2.21. The van der Waals surface area contributed by atoms with Gasteiger partial charge in [0.2, 0.25) is 5.88 Å². The highest BCUT2D eigenvalue weighted by molar-refractivity contribution is 7.92. The van der Waals surface area contributed by atoms with Gasteiger partial charge in [-0.2, -0.15) is 0 Å². The average Bonchev–Trinajstić information content (AvgIpc) is 2.97. The summed E-state index contributed by atoms with van der Waals surface area (Å²) >= 11 is 0. The van der Waals surface area contributed by atoms with Gasteiger partial charge in [-0.15, -0.1) is 0 Å². The number of hydrogen-bond donors (Lipinski definition) is 2. The van der Waals surface area contributed by atoms with Gasteiger partial charge in [-0.05, 0) is 67.6 Å². The maximum atomic E-state index is 13.6. The zero-order valence-corrected chi connectivity index (χ0v) is 22.9. The lowest BCUT2D eigenvalue weighted by Gasteiger charge is -2.15. The molecule has 4 aromatic carbocycles. The van der Waals surface area contributed by atoms with Gasteiger partial charge >= 0.3 is 0 Å². The highest BCUT2D eigenvalue weighted by Gasteiger charge is 2.20. The van der Waals surface area contributed by atoms with Crippen LogP contribution in [0.25, 0.3) is 16.5 Å². The maximum absolute atomic E-state index is 13.6. The van der Waals surface area contributed by atoms with Crippen molar-refractivity contribution < 1.29 is 23.1 Å². The number of ether oxygens (including phenoxy) is 1. The van der Waals surface area contributed by atoms with Crippen molar-refractivity contribution in [2.45, 2.75) is 11.8 Å². The van der Waals surface area contributed by atoms with E-state index in [-0.39, 0.29) is 27.6 Å². The van der Waals surface area contributed by atoms with Crippen LogP contribution in [-0.2, 0) is 10.0 Å². The van der Waals surface area contributed by atoms with E-state index in [1.54, 1.807) is 72.8 Å². The van der Waals surface area contributed by atoms with Crippen molar-refractivity contribution in [1.29, 1.82) is 0 Å². The Bertz CT molecular complexity index is 1980. The van der Waals surface area contributed by atoms with Crippen LogP contribution in [0.2, 0.25) is 0 Å². The monoisotopic (exact) mass is 567 g/mol. The van der Waals surface area contributed by atoms with Crippen molar-refractivity contribution in [3.05, 3.63) is 119 Å². The smallest absolute Gasteiger partial charge is 0.265 e. The number of carbonyl (C=O) groups is 1. The number of para-hydroxylation sites is 2. The summed E-state index contributed by atoms with van der Waals surface area (Å²) in [6, 6.07) is 25.7. The van der Waals surface area contributed by atoms with Gasteiger partial charge < -0.3 is 9.84 Å². The van der Waals surface area contributed by atoms with E-state index in [2.05, 4.69) is 9.71 Å². The summed E-state index contributed by atoms with van der Waals surface area (Å²) in [5.41, 5.74) is 1.19. The van der Waals surface area contributed by atoms with Gasteiger partial charge in [0.15, 0.2) is 5.78 Å². The third-order valence-electron chi connectivity index (χ3n) is 6.46. The van der Waals surface area contributed by atoms with Crippen LogP contribution in [-0.4, -0.2) is 37.2 Å². The van der Waals surface area contributed by atoms with E-state index in [4.69, 9.17) is 4.74 Å². The molecule has 0 radical (unpaired) electrons. The van der Waals surface area contributed by atoms with E-state index < -0.39 is 21.5 Å². The predicted octanol–water partition coefficient (Wildman–Crippen LogP) is 5.46. The predicted molar refractivity (Wildman–Crippen MR) is 159 cm³/mol. The minimum Gasteiger partial charge on any atom is -0.495 e. The van der Waals surface area contributed by atoms with Crippen molar-refractivity contribution in [2.24, 2.45) is 4.99 Å². The number of aliphatic imine (C=N–C) groups is 1. The Morgan fingerprint density at radius 1 is 0.927 bits per heavy atom.